The molecule has 0 saturated carbocycles. The Bertz CT molecular complexity index is 2070. The van der Waals surface area contributed by atoms with Crippen LogP contribution in [0.4, 0.5) is 4.79 Å². The van der Waals surface area contributed by atoms with E-state index in [1.165, 1.54) is 7.11 Å². The third-order valence-corrected chi connectivity index (χ3v) is 9.90. The Balaban J connectivity index is 1.24. The largest absolute Gasteiger partial charge is 0.488 e. The first kappa shape index (κ1) is 35.4. The van der Waals surface area contributed by atoms with E-state index < -0.39 is 6.09 Å². The summed E-state index contributed by atoms with van der Waals surface area (Å²) in [6.07, 6.45) is 4.18. The van der Waals surface area contributed by atoms with Gasteiger partial charge in [-0.2, -0.15) is 0 Å². The lowest BCUT2D eigenvalue weighted by molar-refractivity contribution is -0.134. The van der Waals surface area contributed by atoms with Crippen molar-refractivity contribution in [2.45, 2.75) is 92.1 Å². The van der Waals surface area contributed by atoms with Crippen LogP contribution >= 0.6 is 0 Å². The van der Waals surface area contributed by atoms with Gasteiger partial charge in [0.05, 0.1) is 43.1 Å². The van der Waals surface area contributed by atoms with E-state index in [1.54, 1.807) is 4.90 Å². The first-order valence-corrected chi connectivity index (χ1v) is 17.8. The van der Waals surface area contributed by atoms with E-state index in [1.807, 2.05) is 37.9 Å². The standard InChI is InChI=1S/C39H47N7O5/c1-7-10-36(47)45(23(4)8-2)20-34-40-18-32(43-34)26-11-13-28-27(15-26)22-51-33-17-29-25(16-30(28)33)12-14-31-38(29)44-35(42-31)21-46(24(5)9-3)37(48)19-41-39(49)50-6/h11-18,23-24H,7-10,19-22H2,1-6H3,(H,40,43)(H,41,49)(H,42,44)/t23-,24-/m0/s1. The topological polar surface area (TPSA) is 146 Å². The second-order valence-electron chi connectivity index (χ2n) is 13.3. The van der Waals surface area contributed by atoms with Gasteiger partial charge in [0.25, 0.3) is 0 Å². The summed E-state index contributed by atoms with van der Waals surface area (Å²) in [6.45, 7) is 11.2. The molecule has 0 fully saturated rings. The average molecular weight is 694 g/mol. The maximum atomic E-state index is 13.1. The third kappa shape index (κ3) is 7.40. The summed E-state index contributed by atoms with van der Waals surface area (Å²) < 4.78 is 11.0. The van der Waals surface area contributed by atoms with Crippen molar-refractivity contribution in [3.05, 3.63) is 65.9 Å². The molecule has 1 aliphatic rings. The number of ether oxygens (including phenoxy) is 2. The Kier molecular flexibility index (Phi) is 10.6. The Morgan fingerprint density at radius 2 is 1.67 bits per heavy atom. The van der Waals surface area contributed by atoms with Gasteiger partial charge in [-0.25, -0.2) is 14.8 Å². The molecule has 6 rings (SSSR count). The molecule has 2 aromatic heterocycles. The number of alkyl carbamates (subject to hydrolysis) is 1. The number of amides is 3. The van der Waals surface area contributed by atoms with Crippen LogP contribution in [0.3, 0.4) is 0 Å². The number of nitrogens with zero attached hydrogens (tertiary/aromatic N) is 4. The van der Waals surface area contributed by atoms with E-state index in [2.05, 4.69) is 75.3 Å². The number of carbonyl (C=O) groups excluding carboxylic acids is 3. The van der Waals surface area contributed by atoms with Gasteiger partial charge in [0.15, 0.2) is 0 Å². The number of imidazole rings is 2. The molecule has 5 aromatic rings. The Morgan fingerprint density at radius 1 is 0.922 bits per heavy atom. The number of hydrogen-bond donors (Lipinski definition) is 3. The van der Waals surface area contributed by atoms with Crippen molar-refractivity contribution in [1.29, 1.82) is 0 Å². The molecule has 2 atom stereocenters. The van der Waals surface area contributed by atoms with Gasteiger partial charge < -0.3 is 34.6 Å². The number of aromatic amines is 2. The summed E-state index contributed by atoms with van der Waals surface area (Å²) in [7, 11) is 1.27. The van der Waals surface area contributed by atoms with Crippen molar-refractivity contribution < 1.29 is 23.9 Å². The molecule has 51 heavy (non-hydrogen) atoms. The number of nitrogens with one attached hydrogen (secondary N) is 3. The Hall–Kier alpha value is -5.39. The third-order valence-electron chi connectivity index (χ3n) is 9.90. The molecule has 0 spiro atoms. The fourth-order valence-electron chi connectivity index (χ4n) is 6.59. The minimum atomic E-state index is -0.649. The number of methoxy groups -OCH3 is 1. The van der Waals surface area contributed by atoms with Gasteiger partial charge in [-0.05, 0) is 79.5 Å². The van der Waals surface area contributed by atoms with Crippen LogP contribution in [0.1, 0.15) is 77.5 Å². The SMILES string of the molecule is CCCC(=O)N(Cc1ncc(-c2ccc3c(c2)COc2cc4c(ccc5[nH]c(CN(C(=O)CNC(=O)OC)[C@@H](C)CC)nc54)cc2-3)[nH]1)[C@@H](C)CC. The van der Waals surface area contributed by atoms with Gasteiger partial charge in [0.1, 0.15) is 30.5 Å². The predicted octanol–water partition coefficient (Wildman–Crippen LogP) is 7.08. The highest BCUT2D eigenvalue weighted by atomic mass is 16.5. The number of aromatic nitrogens is 4. The lowest BCUT2D eigenvalue weighted by Crippen LogP contribution is -2.44. The molecule has 3 aromatic carbocycles. The zero-order chi connectivity index (χ0) is 36.2. The van der Waals surface area contributed by atoms with Crippen LogP contribution < -0.4 is 10.1 Å². The van der Waals surface area contributed by atoms with Gasteiger partial charge in [-0.3, -0.25) is 9.59 Å². The summed E-state index contributed by atoms with van der Waals surface area (Å²) in [4.78, 5) is 57.5. The van der Waals surface area contributed by atoms with Gasteiger partial charge in [-0.1, -0.05) is 39.0 Å². The molecule has 0 unspecified atom stereocenters. The Morgan fingerprint density at radius 3 is 2.39 bits per heavy atom. The smallest absolute Gasteiger partial charge is 0.407 e. The summed E-state index contributed by atoms with van der Waals surface area (Å²) in [6, 6.07) is 14.7. The summed E-state index contributed by atoms with van der Waals surface area (Å²) >= 11 is 0. The van der Waals surface area contributed by atoms with Crippen molar-refractivity contribution in [2.75, 3.05) is 13.7 Å². The van der Waals surface area contributed by atoms with Crippen molar-refractivity contribution in [1.82, 2.24) is 35.1 Å². The van der Waals surface area contributed by atoms with E-state index in [4.69, 9.17) is 9.72 Å². The van der Waals surface area contributed by atoms with E-state index >= 15 is 0 Å². The van der Waals surface area contributed by atoms with Crippen LogP contribution in [0.15, 0.2) is 48.7 Å². The highest BCUT2D eigenvalue weighted by molar-refractivity contribution is 6.07. The summed E-state index contributed by atoms with van der Waals surface area (Å²) in [5, 5.41) is 4.46. The molecule has 3 amide bonds. The van der Waals surface area contributed by atoms with E-state index in [0.29, 0.717) is 25.4 Å². The number of carbonyl (C=O) groups is 3. The van der Waals surface area contributed by atoms with E-state index in [9.17, 15) is 14.4 Å². The van der Waals surface area contributed by atoms with Crippen LogP contribution in [0.25, 0.3) is 44.2 Å². The number of H-pyrrole nitrogens is 2. The van der Waals surface area contributed by atoms with E-state index in [-0.39, 0.29) is 37.0 Å². The van der Waals surface area contributed by atoms with Gasteiger partial charge in [0, 0.05) is 29.5 Å². The molecule has 12 nitrogen and oxygen atoms in total. The molecule has 3 heterocycles. The van der Waals surface area contributed by atoms with Crippen LogP contribution in [0.2, 0.25) is 0 Å². The molecule has 0 aliphatic carbocycles. The molecule has 268 valence electrons. The number of rotatable bonds is 13. The highest BCUT2D eigenvalue weighted by Gasteiger charge is 2.24. The molecule has 0 bridgehead atoms. The van der Waals surface area contributed by atoms with Gasteiger partial charge in [-0.15, -0.1) is 0 Å². The zero-order valence-electron chi connectivity index (χ0n) is 30.3. The van der Waals surface area contributed by atoms with Crippen molar-refractivity contribution >= 4 is 39.7 Å². The van der Waals surface area contributed by atoms with Crippen molar-refractivity contribution in [3.8, 4) is 28.1 Å². The van der Waals surface area contributed by atoms with Crippen LogP contribution in [0, 0.1) is 0 Å². The zero-order valence-corrected chi connectivity index (χ0v) is 30.3. The van der Waals surface area contributed by atoms with Crippen molar-refractivity contribution in [2.24, 2.45) is 0 Å². The first-order chi connectivity index (χ1) is 24.6. The molecule has 1 aliphatic heterocycles. The maximum Gasteiger partial charge on any atom is 0.407 e. The maximum absolute atomic E-state index is 13.1. The van der Waals surface area contributed by atoms with Gasteiger partial charge >= 0.3 is 6.09 Å². The second-order valence-corrected chi connectivity index (χ2v) is 13.3. The molecule has 0 radical (unpaired) electrons. The second kappa shape index (κ2) is 15.2. The number of benzene rings is 3. The minimum Gasteiger partial charge on any atom is -0.488 e. The van der Waals surface area contributed by atoms with Crippen LogP contribution in [-0.2, 0) is 34.0 Å². The first-order valence-electron chi connectivity index (χ1n) is 17.8. The fraction of sp³-hybridized carbons (Fsp3) is 0.410. The molecule has 3 N–H and O–H groups in total. The normalized spacial score (nSPS) is 13.2. The molecular weight excluding hydrogens is 646 g/mol. The number of fused-ring (bicyclic) bond motifs is 6. The van der Waals surface area contributed by atoms with E-state index in [0.717, 1.165) is 80.6 Å². The summed E-state index contributed by atoms with van der Waals surface area (Å²) in [5.41, 5.74) is 6.78. The van der Waals surface area contributed by atoms with Crippen LogP contribution in [-0.4, -0.2) is 73.4 Å². The highest BCUT2D eigenvalue weighted by Crippen LogP contribution is 2.42. The lowest BCUT2D eigenvalue weighted by Gasteiger charge is -2.27. The monoisotopic (exact) mass is 693 g/mol. The fourth-order valence-corrected chi connectivity index (χ4v) is 6.59. The Labute approximate surface area is 297 Å². The van der Waals surface area contributed by atoms with Crippen LogP contribution in [0.5, 0.6) is 5.75 Å². The molecular formula is C39H47N7O5. The predicted molar refractivity (Wildman–Crippen MR) is 197 cm³/mol. The molecule has 12 heteroatoms. The minimum absolute atomic E-state index is 0.0561. The number of hydrogen-bond acceptors (Lipinski definition) is 7. The lowest BCUT2D eigenvalue weighted by atomic mass is 9.92. The van der Waals surface area contributed by atoms with Crippen molar-refractivity contribution in [3.63, 3.8) is 0 Å². The van der Waals surface area contributed by atoms with Gasteiger partial charge in [0.2, 0.25) is 11.8 Å². The summed E-state index contributed by atoms with van der Waals surface area (Å²) in [5.74, 6) is 2.15. The average Bonchev–Trinajstić information content (AvgIpc) is 3.80. The molecule has 0 saturated heterocycles. The quantitative estimate of drug-likeness (QED) is 0.120.